The Kier molecular flexibility index (Phi) is 4.31. The van der Waals surface area contributed by atoms with Gasteiger partial charge in [-0.15, -0.1) is 0 Å². The summed E-state index contributed by atoms with van der Waals surface area (Å²) in [6.07, 6.45) is 8.26. The fraction of sp³-hybridized carbons (Fsp3) is 0.647. The van der Waals surface area contributed by atoms with E-state index < -0.39 is 0 Å². The molecule has 1 aliphatic rings. The molecular formula is C17H26O. The molecule has 0 aliphatic heterocycles. The molecule has 0 saturated heterocycles. The molecule has 0 N–H and O–H groups in total. The SMILES string of the molecule is CC(C)(C)c1ccccc1OC1CCCCCC1. The van der Waals surface area contributed by atoms with Crippen molar-refractivity contribution >= 4 is 0 Å². The highest BCUT2D eigenvalue weighted by Gasteiger charge is 2.21. The minimum Gasteiger partial charge on any atom is -0.490 e. The van der Waals surface area contributed by atoms with Gasteiger partial charge in [-0.1, -0.05) is 51.8 Å². The van der Waals surface area contributed by atoms with Crippen LogP contribution in [0.4, 0.5) is 0 Å². The molecule has 1 nitrogen and oxygen atoms in total. The summed E-state index contributed by atoms with van der Waals surface area (Å²) in [6.45, 7) is 6.76. The number of hydrogen-bond donors (Lipinski definition) is 0. The number of benzene rings is 1. The average molecular weight is 246 g/mol. The predicted molar refractivity (Wildman–Crippen MR) is 77.3 cm³/mol. The lowest BCUT2D eigenvalue weighted by Gasteiger charge is -2.25. The summed E-state index contributed by atoms with van der Waals surface area (Å²) < 4.78 is 6.29. The largest absolute Gasteiger partial charge is 0.490 e. The highest BCUT2D eigenvalue weighted by molar-refractivity contribution is 5.38. The minimum atomic E-state index is 0.154. The molecular weight excluding hydrogens is 220 g/mol. The van der Waals surface area contributed by atoms with Crippen LogP contribution >= 0.6 is 0 Å². The first-order valence-corrected chi connectivity index (χ1v) is 7.33. The Morgan fingerprint density at radius 3 is 2.17 bits per heavy atom. The van der Waals surface area contributed by atoms with Gasteiger partial charge in [0.25, 0.3) is 0 Å². The Balaban J connectivity index is 2.13. The molecule has 0 atom stereocenters. The van der Waals surface area contributed by atoms with Crippen LogP contribution in [-0.2, 0) is 5.41 Å². The topological polar surface area (TPSA) is 9.23 Å². The van der Waals surface area contributed by atoms with Crippen molar-refractivity contribution in [2.75, 3.05) is 0 Å². The number of rotatable bonds is 2. The molecule has 0 spiro atoms. The molecule has 0 heterocycles. The maximum Gasteiger partial charge on any atom is 0.123 e. The van der Waals surface area contributed by atoms with Crippen LogP contribution in [0.1, 0.15) is 64.9 Å². The zero-order valence-electron chi connectivity index (χ0n) is 12.0. The fourth-order valence-electron chi connectivity index (χ4n) is 2.73. The van der Waals surface area contributed by atoms with E-state index in [4.69, 9.17) is 4.74 Å². The minimum absolute atomic E-state index is 0.154. The molecule has 2 rings (SSSR count). The summed E-state index contributed by atoms with van der Waals surface area (Å²) in [6, 6.07) is 8.53. The van der Waals surface area contributed by atoms with Crippen molar-refractivity contribution in [2.24, 2.45) is 0 Å². The van der Waals surface area contributed by atoms with E-state index in [1.807, 2.05) is 0 Å². The highest BCUT2D eigenvalue weighted by Crippen LogP contribution is 2.33. The zero-order valence-corrected chi connectivity index (χ0v) is 12.0. The van der Waals surface area contributed by atoms with Gasteiger partial charge in [-0.3, -0.25) is 0 Å². The Labute approximate surface area is 112 Å². The lowest BCUT2D eigenvalue weighted by atomic mass is 9.86. The van der Waals surface area contributed by atoms with E-state index >= 15 is 0 Å². The highest BCUT2D eigenvalue weighted by atomic mass is 16.5. The Hall–Kier alpha value is -0.980. The van der Waals surface area contributed by atoms with Crippen molar-refractivity contribution in [3.05, 3.63) is 29.8 Å². The van der Waals surface area contributed by atoms with Gasteiger partial charge in [-0.05, 0) is 42.7 Å². The van der Waals surface area contributed by atoms with E-state index in [9.17, 15) is 0 Å². The van der Waals surface area contributed by atoms with Crippen molar-refractivity contribution in [1.82, 2.24) is 0 Å². The van der Waals surface area contributed by atoms with Crippen LogP contribution in [0.2, 0.25) is 0 Å². The van der Waals surface area contributed by atoms with Gasteiger partial charge >= 0.3 is 0 Å². The summed E-state index contributed by atoms with van der Waals surface area (Å²) in [5.41, 5.74) is 1.48. The molecule has 0 unspecified atom stereocenters. The third-order valence-electron chi connectivity index (χ3n) is 3.79. The Morgan fingerprint density at radius 2 is 1.56 bits per heavy atom. The van der Waals surface area contributed by atoms with E-state index in [-0.39, 0.29) is 5.41 Å². The summed E-state index contributed by atoms with van der Waals surface area (Å²) in [4.78, 5) is 0. The second-order valence-corrected chi connectivity index (χ2v) is 6.48. The van der Waals surface area contributed by atoms with Gasteiger partial charge < -0.3 is 4.74 Å². The molecule has 18 heavy (non-hydrogen) atoms. The van der Waals surface area contributed by atoms with Gasteiger partial charge in [-0.25, -0.2) is 0 Å². The van der Waals surface area contributed by atoms with Crippen LogP contribution in [0.3, 0.4) is 0 Å². The first-order valence-electron chi connectivity index (χ1n) is 7.33. The van der Waals surface area contributed by atoms with Crippen molar-refractivity contribution in [3.8, 4) is 5.75 Å². The first kappa shape index (κ1) is 13.5. The summed E-state index contributed by atoms with van der Waals surface area (Å²) >= 11 is 0. The standard InChI is InChI=1S/C17H26O/c1-17(2,3)15-12-8-9-13-16(15)18-14-10-6-4-5-7-11-14/h8-9,12-14H,4-7,10-11H2,1-3H3. The number of hydrogen-bond acceptors (Lipinski definition) is 1. The lowest BCUT2D eigenvalue weighted by Crippen LogP contribution is -2.19. The first-order chi connectivity index (χ1) is 8.57. The van der Waals surface area contributed by atoms with Gasteiger partial charge in [0, 0.05) is 0 Å². The second kappa shape index (κ2) is 5.77. The summed E-state index contributed by atoms with van der Waals surface area (Å²) in [5.74, 6) is 1.09. The molecule has 1 aromatic carbocycles. The number of ether oxygens (including phenoxy) is 1. The Morgan fingerprint density at radius 1 is 0.944 bits per heavy atom. The molecule has 1 fully saturated rings. The quantitative estimate of drug-likeness (QED) is 0.661. The third-order valence-corrected chi connectivity index (χ3v) is 3.79. The van der Waals surface area contributed by atoms with Crippen molar-refractivity contribution in [1.29, 1.82) is 0 Å². The maximum absolute atomic E-state index is 6.29. The van der Waals surface area contributed by atoms with Crippen molar-refractivity contribution in [3.63, 3.8) is 0 Å². The van der Waals surface area contributed by atoms with E-state index in [1.54, 1.807) is 0 Å². The fourth-order valence-corrected chi connectivity index (χ4v) is 2.73. The molecule has 1 saturated carbocycles. The molecule has 100 valence electrons. The summed E-state index contributed by atoms with van der Waals surface area (Å²) in [5, 5.41) is 0. The van der Waals surface area contributed by atoms with E-state index in [2.05, 4.69) is 45.0 Å². The van der Waals surface area contributed by atoms with Gasteiger partial charge in [0.1, 0.15) is 5.75 Å². The molecule has 1 heteroatoms. The van der Waals surface area contributed by atoms with Crippen molar-refractivity contribution in [2.45, 2.75) is 70.8 Å². The molecule has 0 bridgehead atoms. The zero-order chi connectivity index (χ0) is 13.0. The monoisotopic (exact) mass is 246 g/mol. The van der Waals surface area contributed by atoms with Crippen LogP contribution in [0.5, 0.6) is 5.75 Å². The molecule has 0 amide bonds. The van der Waals surface area contributed by atoms with Gasteiger partial charge in [0.05, 0.1) is 6.10 Å². The third kappa shape index (κ3) is 3.51. The van der Waals surface area contributed by atoms with Gasteiger partial charge in [-0.2, -0.15) is 0 Å². The molecule has 1 aliphatic carbocycles. The molecule has 0 aromatic heterocycles. The van der Waals surface area contributed by atoms with Crippen LogP contribution < -0.4 is 4.74 Å². The van der Waals surface area contributed by atoms with Crippen LogP contribution in [0.25, 0.3) is 0 Å². The van der Waals surface area contributed by atoms with E-state index in [0.29, 0.717) is 6.10 Å². The van der Waals surface area contributed by atoms with Crippen LogP contribution in [0.15, 0.2) is 24.3 Å². The summed E-state index contributed by atoms with van der Waals surface area (Å²) in [7, 11) is 0. The average Bonchev–Trinajstić information content (AvgIpc) is 2.57. The van der Waals surface area contributed by atoms with Gasteiger partial charge in [0.15, 0.2) is 0 Å². The van der Waals surface area contributed by atoms with Crippen LogP contribution in [0, 0.1) is 0 Å². The maximum atomic E-state index is 6.29. The lowest BCUT2D eigenvalue weighted by molar-refractivity contribution is 0.180. The Bertz CT molecular complexity index is 367. The van der Waals surface area contributed by atoms with Crippen molar-refractivity contribution < 1.29 is 4.74 Å². The molecule has 1 aromatic rings. The van der Waals surface area contributed by atoms with E-state index in [1.165, 1.54) is 44.1 Å². The normalized spacial score (nSPS) is 18.4. The van der Waals surface area contributed by atoms with Gasteiger partial charge in [0.2, 0.25) is 0 Å². The van der Waals surface area contributed by atoms with Crippen LogP contribution in [-0.4, -0.2) is 6.10 Å². The second-order valence-electron chi connectivity index (χ2n) is 6.48. The molecule has 0 radical (unpaired) electrons. The smallest absolute Gasteiger partial charge is 0.123 e. The number of para-hydroxylation sites is 1. The predicted octanol–water partition coefficient (Wildman–Crippen LogP) is 5.09. The van der Waals surface area contributed by atoms with E-state index in [0.717, 1.165) is 5.75 Å².